The molecule has 4 N–H and O–H groups in total. The number of nitrogens with zero attached hydrogens (tertiary/aromatic N) is 2. The first-order valence-corrected chi connectivity index (χ1v) is 4.78. The molecule has 1 aromatic rings. The summed E-state index contributed by atoms with van der Waals surface area (Å²) in [6.07, 6.45) is 1.43. The third kappa shape index (κ3) is 2.79. The second kappa shape index (κ2) is 5.74. The summed E-state index contributed by atoms with van der Waals surface area (Å²) in [6, 6.07) is 0. The van der Waals surface area contributed by atoms with Crippen molar-refractivity contribution in [3.05, 3.63) is 10.8 Å². The van der Waals surface area contributed by atoms with Crippen LogP contribution in [0.1, 0.15) is 0 Å². The summed E-state index contributed by atoms with van der Waals surface area (Å²) in [5, 5.41) is 3.07. The lowest BCUT2D eigenvalue weighted by molar-refractivity contribution is 0.210. The Labute approximate surface area is 90.4 Å². The van der Waals surface area contributed by atoms with Crippen molar-refractivity contribution < 1.29 is 4.74 Å². The van der Waals surface area contributed by atoms with Crippen LogP contribution in [0.4, 0.5) is 11.6 Å². The summed E-state index contributed by atoms with van der Waals surface area (Å²) < 4.78 is 5.61. The van der Waals surface area contributed by atoms with Gasteiger partial charge in [-0.15, -0.1) is 0 Å². The van der Waals surface area contributed by atoms with Gasteiger partial charge >= 0.3 is 0 Å². The van der Waals surface area contributed by atoms with Crippen molar-refractivity contribution in [2.24, 2.45) is 5.84 Å². The van der Waals surface area contributed by atoms with Crippen molar-refractivity contribution in [2.45, 2.75) is 0 Å². The van der Waals surface area contributed by atoms with Crippen molar-refractivity contribution in [3.63, 3.8) is 0 Å². The zero-order valence-electron chi connectivity index (χ0n) is 7.75. The second-order valence-electron chi connectivity index (χ2n) is 2.45. The summed E-state index contributed by atoms with van der Waals surface area (Å²) in [5.74, 6) is 6.48. The van der Waals surface area contributed by atoms with E-state index >= 15 is 0 Å². The molecule has 0 atom stereocenters. The van der Waals surface area contributed by atoms with Crippen LogP contribution in [-0.4, -0.2) is 30.2 Å². The Morgan fingerprint density at radius 3 is 2.86 bits per heavy atom. The molecule has 1 heterocycles. The highest BCUT2D eigenvalue weighted by atomic mass is 79.9. The molecular formula is C7H12BrN5O. The maximum absolute atomic E-state index is 5.25. The number of hydrazine groups is 1. The van der Waals surface area contributed by atoms with Crippen LogP contribution in [0.25, 0.3) is 0 Å². The van der Waals surface area contributed by atoms with Gasteiger partial charge in [0, 0.05) is 13.7 Å². The van der Waals surface area contributed by atoms with Crippen molar-refractivity contribution in [3.8, 4) is 0 Å². The third-order valence-corrected chi connectivity index (χ3v) is 2.28. The summed E-state index contributed by atoms with van der Waals surface area (Å²) in [6.45, 7) is 1.29. The maximum atomic E-state index is 5.25. The third-order valence-electron chi connectivity index (χ3n) is 1.52. The lowest BCUT2D eigenvalue weighted by atomic mass is 10.5. The van der Waals surface area contributed by atoms with Crippen LogP contribution in [0.15, 0.2) is 10.8 Å². The van der Waals surface area contributed by atoms with Crippen LogP contribution in [0.5, 0.6) is 0 Å². The van der Waals surface area contributed by atoms with Gasteiger partial charge < -0.3 is 15.5 Å². The predicted octanol–water partition coefficient (Wildman–Crippen LogP) is 0.583. The van der Waals surface area contributed by atoms with Crippen molar-refractivity contribution in [1.82, 2.24) is 9.97 Å². The Balaban J connectivity index is 2.66. The number of halogens is 1. The number of nitrogen functional groups attached to an aromatic ring is 1. The quantitative estimate of drug-likeness (QED) is 0.409. The molecule has 0 bridgehead atoms. The minimum atomic E-state index is 0.542. The fraction of sp³-hybridized carbons (Fsp3) is 0.429. The summed E-state index contributed by atoms with van der Waals surface area (Å²) in [7, 11) is 1.64. The van der Waals surface area contributed by atoms with Crippen LogP contribution >= 0.6 is 15.9 Å². The van der Waals surface area contributed by atoms with Gasteiger partial charge in [0.05, 0.1) is 6.61 Å². The van der Waals surface area contributed by atoms with Crippen LogP contribution in [0, 0.1) is 0 Å². The van der Waals surface area contributed by atoms with Crippen molar-refractivity contribution in [2.75, 3.05) is 31.0 Å². The molecule has 14 heavy (non-hydrogen) atoms. The monoisotopic (exact) mass is 261 g/mol. The average molecular weight is 262 g/mol. The van der Waals surface area contributed by atoms with E-state index < -0.39 is 0 Å². The van der Waals surface area contributed by atoms with Crippen molar-refractivity contribution in [1.29, 1.82) is 0 Å². The molecule has 1 aromatic heterocycles. The zero-order valence-corrected chi connectivity index (χ0v) is 9.34. The topological polar surface area (TPSA) is 85.1 Å². The number of nitrogens with two attached hydrogens (primary N) is 1. The fourth-order valence-electron chi connectivity index (χ4n) is 0.865. The van der Waals surface area contributed by atoms with Gasteiger partial charge in [-0.25, -0.2) is 15.8 Å². The first-order chi connectivity index (χ1) is 6.79. The van der Waals surface area contributed by atoms with E-state index in [0.717, 1.165) is 0 Å². The molecule has 1 rings (SSSR count). The summed E-state index contributed by atoms with van der Waals surface area (Å²) >= 11 is 3.32. The minimum Gasteiger partial charge on any atom is -0.383 e. The molecule has 78 valence electrons. The second-order valence-corrected chi connectivity index (χ2v) is 3.24. The molecule has 0 aliphatic carbocycles. The van der Waals surface area contributed by atoms with Crippen LogP contribution in [-0.2, 0) is 4.74 Å². The highest BCUT2D eigenvalue weighted by Crippen LogP contribution is 2.25. The molecule has 0 aliphatic rings. The van der Waals surface area contributed by atoms with E-state index in [-0.39, 0.29) is 0 Å². The Morgan fingerprint density at radius 2 is 2.21 bits per heavy atom. The Bertz CT molecular complexity index is 295. The summed E-state index contributed by atoms with van der Waals surface area (Å²) in [5.41, 5.74) is 2.46. The number of methoxy groups -OCH3 is 1. The Kier molecular flexibility index (Phi) is 4.57. The predicted molar refractivity (Wildman–Crippen MR) is 57.9 cm³/mol. The number of nitrogens with one attached hydrogen (secondary N) is 2. The van der Waals surface area contributed by atoms with Crippen molar-refractivity contribution >= 4 is 27.6 Å². The molecule has 0 radical (unpaired) electrons. The molecule has 0 amide bonds. The highest BCUT2D eigenvalue weighted by Gasteiger charge is 2.06. The molecule has 7 heteroatoms. The lowest BCUT2D eigenvalue weighted by Gasteiger charge is -2.08. The molecule has 0 aromatic carbocycles. The molecule has 6 nitrogen and oxygen atoms in total. The number of hydrogen-bond donors (Lipinski definition) is 3. The van der Waals surface area contributed by atoms with E-state index in [1.165, 1.54) is 6.33 Å². The lowest BCUT2D eigenvalue weighted by Crippen LogP contribution is -2.13. The number of ether oxygens (including phenoxy) is 1. The SMILES string of the molecule is COCCNc1ncnc(NN)c1Br. The largest absolute Gasteiger partial charge is 0.383 e. The number of rotatable bonds is 5. The van der Waals surface area contributed by atoms with E-state index in [1.54, 1.807) is 7.11 Å². The van der Waals surface area contributed by atoms with Gasteiger partial charge in [-0.1, -0.05) is 0 Å². The standard InChI is InChI=1S/C7H12BrN5O/c1-14-3-2-10-6-5(8)7(13-9)12-4-11-6/h4H,2-3,9H2,1H3,(H2,10,11,12,13). The Hall–Kier alpha value is -0.920. The normalized spacial score (nSPS) is 9.93. The Morgan fingerprint density at radius 1 is 1.50 bits per heavy atom. The zero-order chi connectivity index (χ0) is 10.4. The first kappa shape index (κ1) is 11.2. The van der Waals surface area contributed by atoms with Gasteiger partial charge in [0.15, 0.2) is 5.82 Å². The van der Waals surface area contributed by atoms with E-state index in [4.69, 9.17) is 10.6 Å². The van der Waals surface area contributed by atoms with Gasteiger partial charge in [0.1, 0.15) is 16.6 Å². The number of anilines is 2. The van der Waals surface area contributed by atoms with E-state index in [9.17, 15) is 0 Å². The van der Waals surface area contributed by atoms with E-state index in [1.807, 2.05) is 0 Å². The molecular weight excluding hydrogens is 250 g/mol. The number of aromatic nitrogens is 2. The molecule has 0 spiro atoms. The molecule has 0 saturated carbocycles. The fourth-order valence-corrected chi connectivity index (χ4v) is 1.32. The van der Waals surface area contributed by atoms with Gasteiger partial charge in [-0.2, -0.15) is 0 Å². The van der Waals surface area contributed by atoms with Crippen LogP contribution < -0.4 is 16.6 Å². The van der Waals surface area contributed by atoms with Gasteiger partial charge in [0.2, 0.25) is 0 Å². The average Bonchev–Trinajstić information content (AvgIpc) is 2.21. The van der Waals surface area contributed by atoms with Crippen LogP contribution in [0.3, 0.4) is 0 Å². The van der Waals surface area contributed by atoms with Gasteiger partial charge in [0.25, 0.3) is 0 Å². The minimum absolute atomic E-state index is 0.542. The van der Waals surface area contributed by atoms with E-state index in [2.05, 4.69) is 36.6 Å². The van der Waals surface area contributed by atoms with Crippen LogP contribution in [0.2, 0.25) is 0 Å². The molecule has 0 unspecified atom stereocenters. The molecule has 0 fully saturated rings. The summed E-state index contributed by atoms with van der Waals surface area (Å²) in [4.78, 5) is 7.96. The maximum Gasteiger partial charge on any atom is 0.159 e. The van der Waals surface area contributed by atoms with Gasteiger partial charge in [-0.05, 0) is 15.9 Å². The van der Waals surface area contributed by atoms with Gasteiger partial charge in [-0.3, -0.25) is 0 Å². The highest BCUT2D eigenvalue weighted by molar-refractivity contribution is 9.10. The molecule has 0 aliphatic heterocycles. The smallest absolute Gasteiger partial charge is 0.159 e. The number of hydrogen-bond acceptors (Lipinski definition) is 6. The molecule has 0 saturated heterocycles. The first-order valence-electron chi connectivity index (χ1n) is 3.99. The van der Waals surface area contributed by atoms with E-state index in [0.29, 0.717) is 29.3 Å².